The van der Waals surface area contributed by atoms with Crippen molar-refractivity contribution >= 4 is 0 Å². The van der Waals surface area contributed by atoms with Crippen LogP contribution in [0.2, 0.25) is 0 Å². The molecule has 1 fully saturated rings. The quantitative estimate of drug-likeness (QED) is 0.790. The van der Waals surface area contributed by atoms with Gasteiger partial charge in [-0.2, -0.15) is 5.10 Å². The Morgan fingerprint density at radius 1 is 1.62 bits per heavy atom. The summed E-state index contributed by atoms with van der Waals surface area (Å²) in [6.07, 6.45) is 3.63. The zero-order valence-corrected chi connectivity index (χ0v) is 10.3. The molecule has 4 nitrogen and oxygen atoms in total. The van der Waals surface area contributed by atoms with Crippen molar-refractivity contribution in [2.45, 2.75) is 38.8 Å². The Bertz CT molecular complexity index is 359. The van der Waals surface area contributed by atoms with E-state index in [2.05, 4.69) is 24.3 Å². The molecule has 2 atom stereocenters. The van der Waals surface area contributed by atoms with Gasteiger partial charge in [-0.1, -0.05) is 13.8 Å². The van der Waals surface area contributed by atoms with Crippen LogP contribution in [0.1, 0.15) is 26.0 Å². The lowest BCUT2D eigenvalue weighted by Gasteiger charge is -2.49. The molecule has 4 heteroatoms. The first-order valence-electron chi connectivity index (χ1n) is 5.90. The summed E-state index contributed by atoms with van der Waals surface area (Å²) in [6.45, 7) is 5.15. The Labute approximate surface area is 96.7 Å². The van der Waals surface area contributed by atoms with Crippen molar-refractivity contribution in [3.63, 3.8) is 0 Å². The maximum absolute atomic E-state index is 9.61. The second-order valence-corrected chi connectivity index (χ2v) is 5.31. The Balaban J connectivity index is 1.73. The van der Waals surface area contributed by atoms with E-state index in [-0.39, 0.29) is 11.5 Å². The molecule has 0 spiro atoms. The number of aliphatic hydroxyl groups is 1. The zero-order valence-electron chi connectivity index (χ0n) is 10.3. The zero-order chi connectivity index (χ0) is 11.8. The molecule has 0 bridgehead atoms. The standard InChI is InChI=1S/C12H21N3O/c1-12(2)10(8-11(12)16)13-6-4-9-5-7-15(3)14-9/h5,7,10-11,13,16H,4,6,8H2,1-3H3. The van der Waals surface area contributed by atoms with Gasteiger partial charge in [0, 0.05) is 37.7 Å². The van der Waals surface area contributed by atoms with E-state index < -0.39 is 0 Å². The van der Waals surface area contributed by atoms with Crippen LogP contribution in [0.25, 0.3) is 0 Å². The number of hydrogen-bond acceptors (Lipinski definition) is 3. The topological polar surface area (TPSA) is 50.1 Å². The third-order valence-corrected chi connectivity index (χ3v) is 3.76. The predicted octanol–water partition coefficient (Wildman–Crippen LogP) is 0.712. The van der Waals surface area contributed by atoms with E-state index in [0.29, 0.717) is 6.04 Å². The van der Waals surface area contributed by atoms with E-state index in [9.17, 15) is 5.11 Å². The number of aryl methyl sites for hydroxylation is 1. The number of aliphatic hydroxyl groups excluding tert-OH is 1. The molecule has 1 aliphatic rings. The van der Waals surface area contributed by atoms with Crippen molar-refractivity contribution in [1.82, 2.24) is 15.1 Å². The minimum absolute atomic E-state index is 0.0180. The van der Waals surface area contributed by atoms with Gasteiger partial charge in [-0.05, 0) is 12.5 Å². The van der Waals surface area contributed by atoms with Crippen LogP contribution in [0.4, 0.5) is 0 Å². The molecule has 90 valence electrons. The lowest BCUT2D eigenvalue weighted by molar-refractivity contribution is -0.0720. The van der Waals surface area contributed by atoms with Crippen molar-refractivity contribution < 1.29 is 5.11 Å². The number of nitrogens with one attached hydrogen (secondary N) is 1. The normalized spacial score (nSPS) is 27.8. The van der Waals surface area contributed by atoms with Gasteiger partial charge in [0.25, 0.3) is 0 Å². The van der Waals surface area contributed by atoms with Gasteiger partial charge in [-0.25, -0.2) is 0 Å². The lowest BCUT2D eigenvalue weighted by Crippen LogP contribution is -2.60. The van der Waals surface area contributed by atoms with Gasteiger partial charge < -0.3 is 10.4 Å². The minimum Gasteiger partial charge on any atom is -0.392 e. The average Bonchev–Trinajstić information content (AvgIpc) is 2.63. The molecule has 1 heterocycles. The van der Waals surface area contributed by atoms with Crippen molar-refractivity contribution in [2.24, 2.45) is 12.5 Å². The summed E-state index contributed by atoms with van der Waals surface area (Å²) in [5.74, 6) is 0. The number of rotatable bonds is 4. The summed E-state index contributed by atoms with van der Waals surface area (Å²) in [4.78, 5) is 0. The molecule has 0 amide bonds. The summed E-state index contributed by atoms with van der Waals surface area (Å²) in [6, 6.07) is 2.48. The monoisotopic (exact) mass is 223 g/mol. The number of nitrogens with zero attached hydrogens (tertiary/aromatic N) is 2. The van der Waals surface area contributed by atoms with Gasteiger partial charge in [0.05, 0.1) is 11.8 Å². The number of hydrogen-bond donors (Lipinski definition) is 2. The predicted molar refractivity (Wildman–Crippen MR) is 63.1 cm³/mol. The highest BCUT2D eigenvalue weighted by molar-refractivity contribution is 5.03. The van der Waals surface area contributed by atoms with E-state index in [1.165, 1.54) is 0 Å². The molecular weight excluding hydrogens is 202 g/mol. The fraction of sp³-hybridized carbons (Fsp3) is 0.750. The molecular formula is C12H21N3O. The summed E-state index contributed by atoms with van der Waals surface area (Å²) in [5, 5.41) is 17.4. The first kappa shape index (κ1) is 11.6. The molecule has 0 radical (unpaired) electrons. The molecule has 2 rings (SSSR count). The summed E-state index contributed by atoms with van der Waals surface area (Å²) < 4.78 is 1.83. The molecule has 1 saturated carbocycles. The maximum Gasteiger partial charge on any atom is 0.0637 e. The molecule has 2 N–H and O–H groups in total. The van der Waals surface area contributed by atoms with Crippen LogP contribution in [-0.2, 0) is 13.5 Å². The first-order valence-corrected chi connectivity index (χ1v) is 5.90. The highest BCUT2D eigenvalue weighted by atomic mass is 16.3. The van der Waals surface area contributed by atoms with Crippen molar-refractivity contribution in [3.8, 4) is 0 Å². The van der Waals surface area contributed by atoms with Gasteiger partial charge >= 0.3 is 0 Å². The third-order valence-electron chi connectivity index (χ3n) is 3.76. The summed E-state index contributed by atoms with van der Waals surface area (Å²) >= 11 is 0. The molecule has 1 aromatic rings. The summed E-state index contributed by atoms with van der Waals surface area (Å²) in [5.41, 5.74) is 1.14. The molecule has 0 aliphatic heterocycles. The average molecular weight is 223 g/mol. The van der Waals surface area contributed by atoms with E-state index >= 15 is 0 Å². The molecule has 0 saturated heterocycles. The first-order chi connectivity index (χ1) is 7.50. The van der Waals surface area contributed by atoms with Gasteiger partial charge in [0.2, 0.25) is 0 Å². The summed E-state index contributed by atoms with van der Waals surface area (Å²) in [7, 11) is 1.93. The maximum atomic E-state index is 9.61. The Hall–Kier alpha value is -0.870. The van der Waals surface area contributed by atoms with Crippen LogP contribution >= 0.6 is 0 Å². The minimum atomic E-state index is -0.153. The second kappa shape index (κ2) is 4.18. The second-order valence-electron chi connectivity index (χ2n) is 5.31. The van der Waals surface area contributed by atoms with E-state index in [4.69, 9.17) is 0 Å². The Morgan fingerprint density at radius 2 is 2.38 bits per heavy atom. The molecule has 0 aromatic carbocycles. The smallest absolute Gasteiger partial charge is 0.0637 e. The number of aromatic nitrogens is 2. The van der Waals surface area contributed by atoms with Crippen molar-refractivity contribution in [1.29, 1.82) is 0 Å². The van der Waals surface area contributed by atoms with Crippen LogP contribution in [0.15, 0.2) is 12.3 Å². The van der Waals surface area contributed by atoms with E-state index in [0.717, 1.165) is 25.1 Å². The van der Waals surface area contributed by atoms with Crippen molar-refractivity contribution in [3.05, 3.63) is 18.0 Å². The van der Waals surface area contributed by atoms with Gasteiger partial charge in [-0.3, -0.25) is 4.68 Å². The van der Waals surface area contributed by atoms with E-state index in [1.54, 1.807) is 0 Å². The van der Waals surface area contributed by atoms with E-state index in [1.807, 2.05) is 24.0 Å². The van der Waals surface area contributed by atoms with Gasteiger partial charge in [0.15, 0.2) is 0 Å². The Morgan fingerprint density at radius 3 is 2.88 bits per heavy atom. The SMILES string of the molecule is Cn1ccc(CCNC2CC(O)C2(C)C)n1. The molecule has 2 unspecified atom stereocenters. The van der Waals surface area contributed by atoms with Gasteiger partial charge in [0.1, 0.15) is 0 Å². The fourth-order valence-electron chi connectivity index (χ4n) is 2.22. The fourth-order valence-corrected chi connectivity index (χ4v) is 2.22. The van der Waals surface area contributed by atoms with Crippen LogP contribution in [0.3, 0.4) is 0 Å². The van der Waals surface area contributed by atoms with Crippen LogP contribution in [0.5, 0.6) is 0 Å². The third kappa shape index (κ3) is 2.13. The molecule has 1 aliphatic carbocycles. The van der Waals surface area contributed by atoms with Crippen LogP contribution in [0, 0.1) is 5.41 Å². The van der Waals surface area contributed by atoms with Crippen LogP contribution < -0.4 is 5.32 Å². The van der Waals surface area contributed by atoms with Gasteiger partial charge in [-0.15, -0.1) is 0 Å². The largest absolute Gasteiger partial charge is 0.392 e. The lowest BCUT2D eigenvalue weighted by atomic mass is 9.64. The van der Waals surface area contributed by atoms with Crippen molar-refractivity contribution in [2.75, 3.05) is 6.54 Å². The highest BCUT2D eigenvalue weighted by Crippen LogP contribution is 2.40. The molecule has 1 aromatic heterocycles. The Kier molecular flexibility index (Phi) is 3.04. The molecule has 16 heavy (non-hydrogen) atoms. The highest BCUT2D eigenvalue weighted by Gasteiger charge is 2.46. The van der Waals surface area contributed by atoms with Crippen LogP contribution in [-0.4, -0.2) is 33.6 Å².